The second-order valence-electron chi connectivity index (χ2n) is 3.92. The van der Waals surface area contributed by atoms with E-state index in [1.165, 1.54) is 18.2 Å². The maximum absolute atomic E-state index is 12.0. The number of nitrogens with zero attached hydrogens (tertiary/aromatic N) is 1. The van der Waals surface area contributed by atoms with Gasteiger partial charge in [-0.05, 0) is 11.1 Å². The molecule has 1 aliphatic heterocycles. The van der Waals surface area contributed by atoms with Gasteiger partial charge in [0, 0.05) is 26.7 Å². The number of carbonyl (C=O) groups is 1. The summed E-state index contributed by atoms with van der Waals surface area (Å²) in [6.07, 6.45) is -0.519. The van der Waals surface area contributed by atoms with Crippen molar-refractivity contribution < 1.29 is 9.53 Å². The van der Waals surface area contributed by atoms with Crippen LogP contribution in [0.1, 0.15) is 11.1 Å². The molecule has 0 aliphatic carbocycles. The van der Waals surface area contributed by atoms with Crippen molar-refractivity contribution in [2.24, 2.45) is 5.73 Å². The summed E-state index contributed by atoms with van der Waals surface area (Å²) in [5.74, 6) is -0.0267. The van der Waals surface area contributed by atoms with Gasteiger partial charge in [0.2, 0.25) is 0 Å². The number of fused-ring (bicyclic) bond motifs is 1. The van der Waals surface area contributed by atoms with E-state index in [1.807, 2.05) is 24.3 Å². The lowest BCUT2D eigenvalue weighted by atomic mass is 10.1. The number of ether oxygens (including phenoxy) is 1. The minimum Gasteiger partial charge on any atom is -0.370 e. The Labute approximate surface area is 107 Å². The van der Waals surface area contributed by atoms with Crippen molar-refractivity contribution in [3.05, 3.63) is 35.4 Å². The molecule has 0 aromatic heterocycles. The van der Waals surface area contributed by atoms with E-state index in [9.17, 15) is 4.79 Å². The number of carbonyl (C=O) groups excluding carboxylic acids is 1. The number of rotatable bonds is 3. The number of halogens is 1. The number of methoxy groups -OCH3 is 1. The molecule has 1 amide bonds. The van der Waals surface area contributed by atoms with Crippen molar-refractivity contribution in [3.63, 3.8) is 0 Å². The first kappa shape index (κ1) is 14.0. The Morgan fingerprint density at radius 1 is 1.41 bits per heavy atom. The third-order valence-electron chi connectivity index (χ3n) is 2.93. The second kappa shape index (κ2) is 6.00. The van der Waals surface area contributed by atoms with E-state index in [4.69, 9.17) is 10.5 Å². The minimum absolute atomic E-state index is 0. The van der Waals surface area contributed by atoms with E-state index < -0.39 is 6.10 Å². The van der Waals surface area contributed by atoms with Crippen molar-refractivity contribution >= 4 is 18.3 Å². The average molecular weight is 257 g/mol. The molecule has 0 fully saturated rings. The van der Waals surface area contributed by atoms with Crippen molar-refractivity contribution in [2.45, 2.75) is 19.2 Å². The first-order valence-corrected chi connectivity index (χ1v) is 5.34. The zero-order valence-corrected chi connectivity index (χ0v) is 10.6. The summed E-state index contributed by atoms with van der Waals surface area (Å²) >= 11 is 0. The molecule has 2 rings (SSSR count). The maximum Gasteiger partial charge on any atom is 0.253 e. The number of nitrogens with two attached hydrogens (primary N) is 1. The highest BCUT2D eigenvalue weighted by atomic mass is 35.5. The standard InChI is InChI=1S/C12H16N2O2.ClH/c1-16-11(6-13)12(15)14-7-9-4-2-3-5-10(9)8-14;/h2-5,11H,6-8,13H2,1H3;1H. The largest absolute Gasteiger partial charge is 0.370 e. The molecule has 1 atom stereocenters. The van der Waals surface area contributed by atoms with Gasteiger partial charge in [-0.25, -0.2) is 0 Å². The second-order valence-corrected chi connectivity index (χ2v) is 3.92. The third-order valence-corrected chi connectivity index (χ3v) is 2.93. The van der Waals surface area contributed by atoms with Gasteiger partial charge in [-0.2, -0.15) is 0 Å². The maximum atomic E-state index is 12.0. The Kier molecular flexibility index (Phi) is 4.93. The fourth-order valence-electron chi connectivity index (χ4n) is 1.99. The van der Waals surface area contributed by atoms with Crippen LogP contribution in [-0.4, -0.2) is 30.6 Å². The Morgan fingerprint density at radius 2 is 1.94 bits per heavy atom. The number of hydrogen-bond acceptors (Lipinski definition) is 3. The van der Waals surface area contributed by atoms with Crippen LogP contribution < -0.4 is 5.73 Å². The van der Waals surface area contributed by atoms with E-state index in [0.717, 1.165) is 0 Å². The molecule has 0 saturated carbocycles. The van der Waals surface area contributed by atoms with Crippen LogP contribution in [0.25, 0.3) is 0 Å². The molecular formula is C12H17ClN2O2. The van der Waals surface area contributed by atoms with Gasteiger partial charge in [-0.3, -0.25) is 4.79 Å². The summed E-state index contributed by atoms with van der Waals surface area (Å²) in [5.41, 5.74) is 7.91. The van der Waals surface area contributed by atoms with Crippen LogP contribution in [0.15, 0.2) is 24.3 Å². The van der Waals surface area contributed by atoms with Gasteiger partial charge in [0.15, 0.2) is 0 Å². The highest BCUT2D eigenvalue weighted by Crippen LogP contribution is 2.22. The highest BCUT2D eigenvalue weighted by molar-refractivity contribution is 5.85. The Morgan fingerprint density at radius 3 is 2.35 bits per heavy atom. The van der Waals surface area contributed by atoms with Crippen LogP contribution in [0.4, 0.5) is 0 Å². The molecule has 1 aromatic rings. The monoisotopic (exact) mass is 256 g/mol. The molecule has 1 aliphatic rings. The lowest BCUT2D eigenvalue weighted by Gasteiger charge is -2.20. The van der Waals surface area contributed by atoms with Gasteiger partial charge in [-0.1, -0.05) is 24.3 Å². The summed E-state index contributed by atoms with van der Waals surface area (Å²) < 4.78 is 5.06. The molecule has 1 heterocycles. The molecular weight excluding hydrogens is 240 g/mol. The topological polar surface area (TPSA) is 55.6 Å². The van der Waals surface area contributed by atoms with Crippen LogP contribution in [0.3, 0.4) is 0 Å². The quantitative estimate of drug-likeness (QED) is 0.875. The summed E-state index contributed by atoms with van der Waals surface area (Å²) in [7, 11) is 1.51. The fourth-order valence-corrected chi connectivity index (χ4v) is 1.99. The normalized spacial score (nSPS) is 15.1. The van der Waals surface area contributed by atoms with Gasteiger partial charge in [0.25, 0.3) is 5.91 Å². The summed E-state index contributed by atoms with van der Waals surface area (Å²) in [5, 5.41) is 0. The highest BCUT2D eigenvalue weighted by Gasteiger charge is 2.27. The van der Waals surface area contributed by atoms with E-state index >= 15 is 0 Å². The molecule has 94 valence electrons. The van der Waals surface area contributed by atoms with E-state index in [2.05, 4.69) is 0 Å². The molecule has 0 saturated heterocycles. The van der Waals surface area contributed by atoms with Gasteiger partial charge in [0.05, 0.1) is 0 Å². The number of hydrogen-bond donors (Lipinski definition) is 1. The molecule has 5 heteroatoms. The van der Waals surface area contributed by atoms with Gasteiger partial charge < -0.3 is 15.4 Å². The molecule has 17 heavy (non-hydrogen) atoms. The lowest BCUT2D eigenvalue weighted by Crippen LogP contribution is -2.41. The predicted molar refractivity (Wildman–Crippen MR) is 67.8 cm³/mol. The Hall–Kier alpha value is -1.10. The molecule has 4 nitrogen and oxygen atoms in total. The lowest BCUT2D eigenvalue weighted by molar-refractivity contribution is -0.142. The summed E-state index contributed by atoms with van der Waals surface area (Å²) in [4.78, 5) is 13.8. The van der Waals surface area contributed by atoms with Gasteiger partial charge >= 0.3 is 0 Å². The Bertz CT molecular complexity index is 369. The van der Waals surface area contributed by atoms with Gasteiger partial charge in [0.1, 0.15) is 6.10 Å². The molecule has 2 N–H and O–H groups in total. The van der Waals surface area contributed by atoms with E-state index in [1.54, 1.807) is 4.90 Å². The SMILES string of the molecule is COC(CN)C(=O)N1Cc2ccccc2C1.Cl. The van der Waals surface area contributed by atoms with Crippen LogP contribution in [0.5, 0.6) is 0 Å². The minimum atomic E-state index is -0.519. The molecule has 0 spiro atoms. The Balaban J connectivity index is 0.00000144. The number of benzene rings is 1. The van der Waals surface area contributed by atoms with Crippen LogP contribution in [0.2, 0.25) is 0 Å². The van der Waals surface area contributed by atoms with E-state index in [0.29, 0.717) is 13.1 Å². The fraction of sp³-hybridized carbons (Fsp3) is 0.417. The molecule has 0 radical (unpaired) electrons. The average Bonchev–Trinajstić information content (AvgIpc) is 2.74. The smallest absolute Gasteiger partial charge is 0.253 e. The zero-order chi connectivity index (χ0) is 11.5. The zero-order valence-electron chi connectivity index (χ0n) is 9.76. The summed E-state index contributed by atoms with van der Waals surface area (Å²) in [6, 6.07) is 8.08. The molecule has 1 unspecified atom stereocenters. The van der Waals surface area contributed by atoms with Gasteiger partial charge in [-0.15, -0.1) is 12.4 Å². The van der Waals surface area contributed by atoms with Crippen LogP contribution in [-0.2, 0) is 22.6 Å². The third kappa shape index (κ3) is 2.77. The first-order valence-electron chi connectivity index (χ1n) is 5.34. The first-order chi connectivity index (χ1) is 7.76. The molecule has 1 aromatic carbocycles. The van der Waals surface area contributed by atoms with Crippen molar-refractivity contribution in [3.8, 4) is 0 Å². The van der Waals surface area contributed by atoms with E-state index in [-0.39, 0.29) is 24.9 Å². The van der Waals surface area contributed by atoms with Crippen LogP contribution in [0, 0.1) is 0 Å². The van der Waals surface area contributed by atoms with Crippen molar-refractivity contribution in [1.29, 1.82) is 0 Å². The van der Waals surface area contributed by atoms with Crippen LogP contribution >= 0.6 is 12.4 Å². The predicted octanol–water partition coefficient (Wildman–Crippen LogP) is 0.924. The van der Waals surface area contributed by atoms with Crippen molar-refractivity contribution in [2.75, 3.05) is 13.7 Å². The molecule has 0 bridgehead atoms. The summed E-state index contributed by atoms with van der Waals surface area (Å²) in [6.45, 7) is 1.55. The number of amides is 1. The van der Waals surface area contributed by atoms with Crippen molar-refractivity contribution in [1.82, 2.24) is 4.90 Å².